The van der Waals surface area contributed by atoms with Crippen molar-refractivity contribution in [3.8, 4) is 0 Å². The lowest BCUT2D eigenvalue weighted by Gasteiger charge is -2.10. The van der Waals surface area contributed by atoms with Gasteiger partial charge in [-0.15, -0.1) is 11.8 Å². The van der Waals surface area contributed by atoms with Gasteiger partial charge in [0.1, 0.15) is 5.82 Å². The minimum absolute atomic E-state index is 0.212. The molecule has 0 fully saturated rings. The van der Waals surface area contributed by atoms with Crippen molar-refractivity contribution in [2.75, 3.05) is 5.75 Å². The molecule has 0 saturated heterocycles. The molecule has 0 spiro atoms. The maximum atomic E-state index is 12.7. The summed E-state index contributed by atoms with van der Waals surface area (Å²) < 4.78 is 12.7. The van der Waals surface area contributed by atoms with E-state index in [1.807, 2.05) is 0 Å². The molecule has 3 heteroatoms. The average molecular weight is 270 g/mol. The lowest BCUT2D eigenvalue weighted by Crippen LogP contribution is -2.09. The fraction of sp³-hybridized carbons (Fsp3) is 0.600. The number of unbranched alkanes of at least 4 members (excludes halogenated alkanes) is 4. The van der Waals surface area contributed by atoms with E-state index in [0.717, 1.165) is 17.7 Å². The largest absolute Gasteiger partial charge is 0.392 e. The predicted molar refractivity (Wildman–Crippen MR) is 76.5 cm³/mol. The average Bonchev–Trinajstić information content (AvgIpc) is 2.38. The van der Waals surface area contributed by atoms with Crippen molar-refractivity contribution in [3.05, 3.63) is 30.1 Å². The SMILES string of the molecule is CCCCCCCC(O)CSc1ccc(F)cc1. The number of aliphatic hydroxyl groups excluding tert-OH is 1. The Morgan fingerprint density at radius 2 is 1.78 bits per heavy atom. The van der Waals surface area contributed by atoms with Gasteiger partial charge >= 0.3 is 0 Å². The van der Waals surface area contributed by atoms with Gasteiger partial charge in [0.25, 0.3) is 0 Å². The van der Waals surface area contributed by atoms with Gasteiger partial charge in [-0.25, -0.2) is 4.39 Å². The van der Waals surface area contributed by atoms with E-state index in [0.29, 0.717) is 5.75 Å². The molecule has 1 rings (SSSR count). The standard InChI is InChI=1S/C15H23FOS/c1-2-3-4-5-6-7-14(17)12-18-15-10-8-13(16)9-11-15/h8-11,14,17H,2-7,12H2,1H3. The zero-order chi connectivity index (χ0) is 13.2. The van der Waals surface area contributed by atoms with Crippen LogP contribution in [0.5, 0.6) is 0 Å². The summed E-state index contributed by atoms with van der Waals surface area (Å²) in [6.45, 7) is 2.20. The highest BCUT2D eigenvalue weighted by Crippen LogP contribution is 2.20. The van der Waals surface area contributed by atoms with Crippen molar-refractivity contribution in [2.24, 2.45) is 0 Å². The molecule has 1 aromatic rings. The van der Waals surface area contributed by atoms with E-state index >= 15 is 0 Å². The molecule has 1 N–H and O–H groups in total. The highest BCUT2D eigenvalue weighted by atomic mass is 32.2. The first kappa shape index (κ1) is 15.5. The van der Waals surface area contributed by atoms with E-state index in [1.54, 1.807) is 23.9 Å². The van der Waals surface area contributed by atoms with Crippen LogP contribution in [0, 0.1) is 5.82 Å². The summed E-state index contributed by atoms with van der Waals surface area (Å²) in [7, 11) is 0. The van der Waals surface area contributed by atoms with Gasteiger partial charge in [-0.3, -0.25) is 0 Å². The lowest BCUT2D eigenvalue weighted by molar-refractivity contribution is 0.185. The van der Waals surface area contributed by atoms with Crippen LogP contribution in [0.2, 0.25) is 0 Å². The fourth-order valence-electron chi connectivity index (χ4n) is 1.79. The molecule has 18 heavy (non-hydrogen) atoms. The third-order valence-electron chi connectivity index (χ3n) is 2.90. The summed E-state index contributed by atoms with van der Waals surface area (Å²) in [5.74, 6) is 0.482. The van der Waals surface area contributed by atoms with Gasteiger partial charge < -0.3 is 5.11 Å². The van der Waals surface area contributed by atoms with Crippen LogP contribution >= 0.6 is 11.8 Å². The van der Waals surface area contributed by atoms with Crippen LogP contribution < -0.4 is 0 Å². The summed E-state index contributed by atoms with van der Waals surface area (Å²) in [4.78, 5) is 1.02. The van der Waals surface area contributed by atoms with Crippen molar-refractivity contribution in [1.29, 1.82) is 0 Å². The highest BCUT2D eigenvalue weighted by Gasteiger charge is 2.05. The normalized spacial score (nSPS) is 12.6. The molecular formula is C15H23FOS. The van der Waals surface area contributed by atoms with Gasteiger partial charge in [0.15, 0.2) is 0 Å². The summed E-state index contributed by atoms with van der Waals surface area (Å²) in [6, 6.07) is 6.43. The number of halogens is 1. The Labute approximate surface area is 114 Å². The monoisotopic (exact) mass is 270 g/mol. The van der Waals surface area contributed by atoms with Crippen molar-refractivity contribution in [1.82, 2.24) is 0 Å². The Hall–Kier alpha value is -0.540. The maximum absolute atomic E-state index is 12.7. The van der Waals surface area contributed by atoms with Crippen LogP contribution in [0.4, 0.5) is 4.39 Å². The smallest absolute Gasteiger partial charge is 0.123 e. The minimum atomic E-state index is -0.248. The Bertz CT molecular complexity index is 313. The Morgan fingerprint density at radius 3 is 2.44 bits per heavy atom. The Balaban J connectivity index is 2.09. The molecule has 0 bridgehead atoms. The van der Waals surface area contributed by atoms with Gasteiger partial charge in [-0.2, -0.15) is 0 Å². The fourth-order valence-corrected chi connectivity index (χ4v) is 2.67. The topological polar surface area (TPSA) is 20.2 Å². The molecule has 0 aliphatic carbocycles. The predicted octanol–water partition coefficient (Wildman–Crippen LogP) is 4.64. The molecule has 1 unspecified atom stereocenters. The van der Waals surface area contributed by atoms with E-state index < -0.39 is 0 Å². The van der Waals surface area contributed by atoms with Crippen LogP contribution in [-0.4, -0.2) is 17.0 Å². The second-order valence-corrected chi connectivity index (χ2v) is 5.72. The van der Waals surface area contributed by atoms with Gasteiger partial charge in [0.05, 0.1) is 6.10 Å². The van der Waals surface area contributed by atoms with E-state index in [4.69, 9.17) is 0 Å². The van der Waals surface area contributed by atoms with Gasteiger partial charge in [-0.05, 0) is 30.7 Å². The van der Waals surface area contributed by atoms with Crippen LogP contribution in [0.25, 0.3) is 0 Å². The van der Waals surface area contributed by atoms with Gasteiger partial charge in [-0.1, -0.05) is 39.0 Å². The zero-order valence-corrected chi connectivity index (χ0v) is 11.9. The van der Waals surface area contributed by atoms with Gasteiger partial charge in [0, 0.05) is 10.6 Å². The lowest BCUT2D eigenvalue weighted by atomic mass is 10.1. The van der Waals surface area contributed by atoms with Crippen LogP contribution in [0.1, 0.15) is 45.4 Å². The van der Waals surface area contributed by atoms with E-state index in [2.05, 4.69) is 6.92 Å². The van der Waals surface area contributed by atoms with Crippen LogP contribution in [0.3, 0.4) is 0 Å². The molecule has 1 nitrogen and oxygen atoms in total. The molecule has 0 heterocycles. The second-order valence-electron chi connectivity index (χ2n) is 4.62. The number of hydrogen-bond acceptors (Lipinski definition) is 2. The molecule has 0 aliphatic heterocycles. The Kier molecular flexibility index (Phi) is 8.10. The van der Waals surface area contributed by atoms with Crippen molar-refractivity contribution in [2.45, 2.75) is 56.4 Å². The molecule has 0 amide bonds. The molecule has 1 atom stereocenters. The number of hydrogen-bond donors (Lipinski definition) is 1. The van der Waals surface area contributed by atoms with Crippen LogP contribution in [0.15, 0.2) is 29.2 Å². The first-order chi connectivity index (χ1) is 8.72. The van der Waals surface area contributed by atoms with Crippen molar-refractivity contribution < 1.29 is 9.50 Å². The summed E-state index contributed by atoms with van der Waals surface area (Å²) in [6.07, 6.45) is 6.76. The third-order valence-corrected chi connectivity index (χ3v) is 4.05. The minimum Gasteiger partial charge on any atom is -0.392 e. The molecule has 102 valence electrons. The molecule has 0 aliphatic rings. The molecule has 0 radical (unpaired) electrons. The van der Waals surface area contributed by atoms with Crippen molar-refractivity contribution in [3.63, 3.8) is 0 Å². The highest BCUT2D eigenvalue weighted by molar-refractivity contribution is 7.99. The van der Waals surface area contributed by atoms with E-state index in [1.165, 1.54) is 37.8 Å². The van der Waals surface area contributed by atoms with Gasteiger partial charge in [0.2, 0.25) is 0 Å². The third kappa shape index (κ3) is 7.02. The summed E-state index contributed by atoms with van der Waals surface area (Å²) >= 11 is 1.59. The van der Waals surface area contributed by atoms with Crippen molar-refractivity contribution >= 4 is 11.8 Å². The molecule has 0 saturated carbocycles. The first-order valence-electron chi connectivity index (χ1n) is 6.78. The molecule has 0 aromatic heterocycles. The van der Waals surface area contributed by atoms with E-state index in [9.17, 15) is 9.50 Å². The number of benzene rings is 1. The molecule has 1 aromatic carbocycles. The summed E-state index contributed by atoms with van der Waals surface area (Å²) in [5.41, 5.74) is 0. The quantitative estimate of drug-likeness (QED) is 0.521. The number of rotatable bonds is 9. The number of aliphatic hydroxyl groups is 1. The molecular weight excluding hydrogens is 247 g/mol. The zero-order valence-electron chi connectivity index (χ0n) is 11.1. The summed E-state index contributed by atoms with van der Waals surface area (Å²) in [5, 5.41) is 9.83. The maximum Gasteiger partial charge on any atom is 0.123 e. The van der Waals surface area contributed by atoms with Crippen LogP contribution in [-0.2, 0) is 0 Å². The Morgan fingerprint density at radius 1 is 1.11 bits per heavy atom. The second kappa shape index (κ2) is 9.40. The van der Waals surface area contributed by atoms with E-state index in [-0.39, 0.29) is 11.9 Å². The number of thioether (sulfide) groups is 1. The first-order valence-corrected chi connectivity index (χ1v) is 7.77.